The quantitative estimate of drug-likeness (QED) is 0.768. The number of phenols is 1. The summed E-state index contributed by atoms with van der Waals surface area (Å²) in [7, 11) is 2.95. The number of anilines is 1. The Bertz CT molecular complexity index is 388. The van der Waals surface area contributed by atoms with Crippen LogP contribution in [0.4, 0.5) is 5.69 Å². The Hall–Kier alpha value is -1.59. The summed E-state index contributed by atoms with van der Waals surface area (Å²) in [5, 5.41) is 11.9. The predicted octanol–water partition coefficient (Wildman–Crippen LogP) is 1.73. The fourth-order valence-corrected chi connectivity index (χ4v) is 1.31. The fraction of sp³-hybridized carbons (Fsp3) is 0.417. The molecule has 0 aliphatic heterocycles. The van der Waals surface area contributed by atoms with Gasteiger partial charge in [0.2, 0.25) is 5.91 Å². The van der Waals surface area contributed by atoms with Crippen molar-refractivity contribution in [3.8, 4) is 5.75 Å². The number of nitrogens with one attached hydrogen (secondary N) is 1. The van der Waals surface area contributed by atoms with Gasteiger partial charge in [-0.15, -0.1) is 0 Å². The van der Waals surface area contributed by atoms with Crippen molar-refractivity contribution in [2.75, 3.05) is 19.5 Å². The summed E-state index contributed by atoms with van der Waals surface area (Å²) < 4.78 is 10.2. The molecule has 1 aromatic rings. The van der Waals surface area contributed by atoms with E-state index in [0.717, 1.165) is 0 Å². The molecule has 0 bridgehead atoms. The summed E-state index contributed by atoms with van der Waals surface area (Å²) in [5.41, 5.74) is 0.532. The van der Waals surface area contributed by atoms with Crippen LogP contribution in [-0.2, 0) is 14.3 Å². The zero-order chi connectivity index (χ0) is 12.9. The van der Waals surface area contributed by atoms with Crippen LogP contribution >= 0.6 is 0 Å². The number of carbonyl (C=O) groups excluding carboxylic acids is 1. The lowest BCUT2D eigenvalue weighted by Crippen LogP contribution is -2.34. The molecule has 0 aliphatic rings. The molecule has 0 spiro atoms. The fourth-order valence-electron chi connectivity index (χ4n) is 1.31. The van der Waals surface area contributed by atoms with E-state index in [9.17, 15) is 9.90 Å². The Morgan fingerprint density at radius 3 is 2.59 bits per heavy atom. The van der Waals surface area contributed by atoms with Crippen LogP contribution in [-0.4, -0.2) is 31.0 Å². The van der Waals surface area contributed by atoms with Crippen LogP contribution in [0.2, 0.25) is 0 Å². The second-order valence-corrected chi connectivity index (χ2v) is 3.82. The van der Waals surface area contributed by atoms with Crippen molar-refractivity contribution in [2.24, 2.45) is 0 Å². The van der Waals surface area contributed by atoms with Crippen molar-refractivity contribution in [3.63, 3.8) is 0 Å². The highest BCUT2D eigenvalue weighted by Gasteiger charge is 2.26. The number of hydrogen-bond acceptors (Lipinski definition) is 4. The van der Waals surface area contributed by atoms with Crippen molar-refractivity contribution < 1.29 is 19.4 Å². The smallest absolute Gasteiger partial charge is 0.229 e. The minimum Gasteiger partial charge on any atom is -0.508 e. The first-order chi connectivity index (χ1) is 7.99. The molecule has 0 unspecified atom stereocenters. The zero-order valence-corrected chi connectivity index (χ0v) is 10.2. The van der Waals surface area contributed by atoms with Crippen LogP contribution in [0.3, 0.4) is 0 Å². The summed E-state index contributed by atoms with van der Waals surface area (Å²) in [4.78, 5) is 11.7. The maximum atomic E-state index is 11.7. The molecule has 0 aromatic heterocycles. The van der Waals surface area contributed by atoms with Crippen LogP contribution in [0.5, 0.6) is 5.75 Å². The average molecular weight is 239 g/mol. The highest BCUT2D eigenvalue weighted by Crippen LogP contribution is 2.19. The highest BCUT2D eigenvalue weighted by molar-refractivity contribution is 5.91. The molecule has 1 aromatic carbocycles. The minimum atomic E-state index is -0.944. The molecule has 5 nitrogen and oxygen atoms in total. The molecule has 0 radical (unpaired) electrons. The minimum absolute atomic E-state index is 0.0651. The highest BCUT2D eigenvalue weighted by atomic mass is 16.7. The topological polar surface area (TPSA) is 67.8 Å². The number of phenolic OH excluding ortho intramolecular Hbond substituents is 1. The normalized spacial score (nSPS) is 11.2. The van der Waals surface area contributed by atoms with Gasteiger partial charge in [0.1, 0.15) is 5.75 Å². The molecular weight excluding hydrogens is 222 g/mol. The van der Waals surface area contributed by atoms with E-state index in [0.29, 0.717) is 5.69 Å². The van der Waals surface area contributed by atoms with Gasteiger partial charge in [-0.25, -0.2) is 0 Å². The number of rotatable bonds is 5. The van der Waals surface area contributed by atoms with E-state index >= 15 is 0 Å². The molecule has 17 heavy (non-hydrogen) atoms. The number of carbonyl (C=O) groups is 1. The van der Waals surface area contributed by atoms with Gasteiger partial charge in [0.15, 0.2) is 5.79 Å². The van der Waals surface area contributed by atoms with Gasteiger partial charge in [0.05, 0.1) is 6.42 Å². The third-order valence-electron chi connectivity index (χ3n) is 2.48. The Morgan fingerprint density at radius 2 is 2.06 bits per heavy atom. The largest absolute Gasteiger partial charge is 0.508 e. The number of hydrogen-bond donors (Lipinski definition) is 2. The monoisotopic (exact) mass is 239 g/mol. The van der Waals surface area contributed by atoms with Crippen LogP contribution < -0.4 is 5.32 Å². The molecule has 0 fully saturated rings. The summed E-state index contributed by atoms with van der Waals surface area (Å²) >= 11 is 0. The van der Waals surface area contributed by atoms with Crippen molar-refractivity contribution in [1.29, 1.82) is 0 Å². The Kier molecular flexibility index (Phi) is 4.48. The van der Waals surface area contributed by atoms with Gasteiger partial charge in [-0.3, -0.25) is 4.79 Å². The molecule has 0 saturated heterocycles. The van der Waals surface area contributed by atoms with E-state index in [-0.39, 0.29) is 18.1 Å². The van der Waals surface area contributed by atoms with Crippen molar-refractivity contribution in [2.45, 2.75) is 19.1 Å². The summed E-state index contributed by atoms with van der Waals surface area (Å²) in [6.45, 7) is 1.68. The maximum absolute atomic E-state index is 11.7. The van der Waals surface area contributed by atoms with Crippen LogP contribution in [0, 0.1) is 0 Å². The standard InChI is InChI=1S/C12H17NO4/c1-12(16-2,17-3)8-11(15)13-9-5-4-6-10(14)7-9/h4-7,14H,8H2,1-3H3,(H,13,15). The predicted molar refractivity (Wildman–Crippen MR) is 63.8 cm³/mol. The number of amides is 1. The molecule has 0 aliphatic carbocycles. The van der Waals surface area contributed by atoms with Crippen LogP contribution in [0.1, 0.15) is 13.3 Å². The maximum Gasteiger partial charge on any atom is 0.229 e. The van der Waals surface area contributed by atoms with Crippen LogP contribution in [0.25, 0.3) is 0 Å². The molecule has 0 heterocycles. The SMILES string of the molecule is COC(C)(CC(=O)Nc1cccc(O)c1)OC. The zero-order valence-electron chi connectivity index (χ0n) is 10.2. The van der Waals surface area contributed by atoms with Gasteiger partial charge in [0.25, 0.3) is 0 Å². The average Bonchev–Trinajstić information content (AvgIpc) is 2.28. The molecule has 5 heteroatoms. The lowest BCUT2D eigenvalue weighted by molar-refractivity contribution is -0.196. The third kappa shape index (κ3) is 4.05. The first kappa shape index (κ1) is 13.5. The third-order valence-corrected chi connectivity index (χ3v) is 2.48. The first-order valence-electron chi connectivity index (χ1n) is 5.18. The van der Waals surface area contributed by atoms with Gasteiger partial charge in [-0.1, -0.05) is 6.07 Å². The summed E-state index contributed by atoms with van der Waals surface area (Å²) in [6.07, 6.45) is 0.0651. The summed E-state index contributed by atoms with van der Waals surface area (Å²) in [5.74, 6) is -1.09. The Labute approximate surface area is 100 Å². The number of aromatic hydroxyl groups is 1. The van der Waals surface area contributed by atoms with E-state index < -0.39 is 5.79 Å². The van der Waals surface area contributed by atoms with Gasteiger partial charge in [-0.2, -0.15) is 0 Å². The summed E-state index contributed by atoms with van der Waals surface area (Å²) in [6, 6.07) is 6.34. The van der Waals surface area contributed by atoms with E-state index in [2.05, 4.69) is 5.32 Å². The van der Waals surface area contributed by atoms with Crippen molar-refractivity contribution in [3.05, 3.63) is 24.3 Å². The number of methoxy groups -OCH3 is 2. The molecule has 2 N–H and O–H groups in total. The van der Waals surface area contributed by atoms with Gasteiger partial charge in [0, 0.05) is 26.0 Å². The van der Waals surface area contributed by atoms with Crippen LogP contribution in [0.15, 0.2) is 24.3 Å². The Morgan fingerprint density at radius 1 is 1.41 bits per heavy atom. The number of ether oxygens (including phenoxy) is 2. The van der Waals surface area contributed by atoms with E-state index in [1.807, 2.05) is 0 Å². The van der Waals surface area contributed by atoms with Gasteiger partial charge in [-0.05, 0) is 19.1 Å². The Balaban J connectivity index is 2.61. The lowest BCUT2D eigenvalue weighted by Gasteiger charge is -2.25. The van der Waals surface area contributed by atoms with Crippen molar-refractivity contribution >= 4 is 11.6 Å². The second kappa shape index (κ2) is 5.65. The van der Waals surface area contributed by atoms with E-state index in [1.54, 1.807) is 19.1 Å². The second-order valence-electron chi connectivity index (χ2n) is 3.82. The molecule has 1 rings (SSSR count). The van der Waals surface area contributed by atoms with Crippen molar-refractivity contribution in [1.82, 2.24) is 0 Å². The molecular formula is C12H17NO4. The van der Waals surface area contributed by atoms with E-state index in [1.165, 1.54) is 26.4 Å². The lowest BCUT2D eigenvalue weighted by atomic mass is 10.2. The molecule has 1 amide bonds. The first-order valence-corrected chi connectivity index (χ1v) is 5.18. The molecule has 0 saturated carbocycles. The van der Waals surface area contributed by atoms with Gasteiger partial charge >= 0.3 is 0 Å². The molecule has 0 atom stereocenters. The van der Waals surface area contributed by atoms with E-state index in [4.69, 9.17) is 9.47 Å². The van der Waals surface area contributed by atoms with Gasteiger partial charge < -0.3 is 19.9 Å². The molecule has 94 valence electrons. The number of benzene rings is 1.